The summed E-state index contributed by atoms with van der Waals surface area (Å²) in [7, 11) is -3.29. The Morgan fingerprint density at radius 1 is 1.13 bits per heavy atom. The zero-order valence-corrected chi connectivity index (χ0v) is 18.6. The van der Waals surface area contributed by atoms with E-state index in [1.807, 2.05) is 6.07 Å². The van der Waals surface area contributed by atoms with E-state index in [0.717, 1.165) is 58.9 Å². The fraction of sp³-hybridized carbons (Fsp3) is 0.286. The normalized spacial score (nSPS) is 15.5. The molecule has 1 aliphatic heterocycles. The molecular weight excluding hydrogens is 432 g/mol. The molecule has 0 spiro atoms. The van der Waals surface area contributed by atoms with E-state index in [2.05, 4.69) is 26.6 Å². The molecule has 0 aliphatic carbocycles. The summed E-state index contributed by atoms with van der Waals surface area (Å²) in [5.41, 5.74) is 2.28. The van der Waals surface area contributed by atoms with Crippen molar-refractivity contribution in [3.63, 3.8) is 0 Å². The minimum Gasteiger partial charge on any atom is -0.324 e. The molecule has 31 heavy (non-hydrogen) atoms. The molecule has 0 saturated carbocycles. The van der Waals surface area contributed by atoms with Crippen LogP contribution < -0.4 is 10.6 Å². The summed E-state index contributed by atoms with van der Waals surface area (Å²) in [5, 5.41) is 8.49. The van der Waals surface area contributed by atoms with Gasteiger partial charge in [0.1, 0.15) is 16.0 Å². The number of hydrogen-bond acceptors (Lipinski definition) is 9. The van der Waals surface area contributed by atoms with Gasteiger partial charge in [-0.05, 0) is 30.3 Å². The third-order valence-corrected chi connectivity index (χ3v) is 7.36. The van der Waals surface area contributed by atoms with Crippen molar-refractivity contribution < 1.29 is 8.42 Å². The van der Waals surface area contributed by atoms with Gasteiger partial charge in [-0.1, -0.05) is 6.07 Å². The fourth-order valence-corrected chi connectivity index (χ4v) is 5.33. The number of nitrogens with one attached hydrogen (secondary N) is 2. The number of nitrogens with zero attached hydrogens (tertiary/aromatic N) is 4. The second-order valence-electron chi connectivity index (χ2n) is 7.60. The number of rotatable bonds is 5. The molecule has 0 radical (unpaired) electrons. The first-order valence-electron chi connectivity index (χ1n) is 10.0. The minimum atomic E-state index is -3.29. The molecule has 0 amide bonds. The third kappa shape index (κ3) is 4.38. The summed E-state index contributed by atoms with van der Waals surface area (Å²) in [6.45, 7) is 4.92. The number of fused-ring (bicyclic) bond motifs is 3. The molecular formula is C21H22N6O2S2. The Hall–Kier alpha value is -2.66. The fourth-order valence-electron chi connectivity index (χ4n) is 3.65. The Labute approximate surface area is 184 Å². The molecule has 0 unspecified atom stereocenters. The second kappa shape index (κ2) is 8.12. The largest absolute Gasteiger partial charge is 0.324 e. The molecule has 0 bridgehead atoms. The van der Waals surface area contributed by atoms with E-state index in [1.54, 1.807) is 41.8 Å². The van der Waals surface area contributed by atoms with Crippen molar-refractivity contribution in [3.8, 4) is 0 Å². The van der Waals surface area contributed by atoms with Crippen LogP contribution in [-0.4, -0.2) is 60.7 Å². The van der Waals surface area contributed by atoms with Crippen molar-refractivity contribution in [2.45, 2.75) is 11.4 Å². The first kappa shape index (κ1) is 20.3. The molecule has 2 aromatic carbocycles. The van der Waals surface area contributed by atoms with Crippen molar-refractivity contribution in [1.82, 2.24) is 25.2 Å². The highest BCUT2D eigenvalue weighted by atomic mass is 32.2. The summed E-state index contributed by atoms with van der Waals surface area (Å²) < 4.78 is 24.8. The highest BCUT2D eigenvalue weighted by Gasteiger charge is 2.15. The second-order valence-corrected chi connectivity index (χ2v) is 10.7. The van der Waals surface area contributed by atoms with E-state index < -0.39 is 9.84 Å². The van der Waals surface area contributed by atoms with Gasteiger partial charge in [-0.3, -0.25) is 4.90 Å². The monoisotopic (exact) mass is 454 g/mol. The lowest BCUT2D eigenvalue weighted by Crippen LogP contribution is -2.42. The van der Waals surface area contributed by atoms with Gasteiger partial charge in [-0.2, -0.15) is 0 Å². The maximum atomic E-state index is 11.8. The Balaban J connectivity index is 1.47. The van der Waals surface area contributed by atoms with Gasteiger partial charge in [-0.15, -0.1) is 11.3 Å². The van der Waals surface area contributed by atoms with E-state index in [9.17, 15) is 8.42 Å². The van der Waals surface area contributed by atoms with Gasteiger partial charge in [0.15, 0.2) is 9.84 Å². The van der Waals surface area contributed by atoms with Crippen molar-refractivity contribution in [3.05, 3.63) is 47.6 Å². The van der Waals surface area contributed by atoms with Crippen LogP contribution in [0.2, 0.25) is 0 Å². The Kier molecular flexibility index (Phi) is 5.30. The van der Waals surface area contributed by atoms with E-state index in [4.69, 9.17) is 9.97 Å². The Morgan fingerprint density at radius 2 is 1.97 bits per heavy atom. The smallest absolute Gasteiger partial charge is 0.227 e. The molecule has 1 saturated heterocycles. The van der Waals surface area contributed by atoms with Gasteiger partial charge in [0, 0.05) is 49.7 Å². The number of hydrogen-bond donors (Lipinski definition) is 2. The van der Waals surface area contributed by atoms with E-state index in [-0.39, 0.29) is 4.90 Å². The number of piperazine rings is 1. The Morgan fingerprint density at radius 3 is 2.77 bits per heavy atom. The van der Waals surface area contributed by atoms with Crippen molar-refractivity contribution in [1.29, 1.82) is 0 Å². The van der Waals surface area contributed by atoms with Crippen molar-refractivity contribution >= 4 is 53.9 Å². The number of sulfone groups is 1. The van der Waals surface area contributed by atoms with Gasteiger partial charge in [-0.25, -0.2) is 23.4 Å². The maximum Gasteiger partial charge on any atom is 0.227 e. The topological polar surface area (TPSA) is 100 Å². The molecule has 10 heteroatoms. The number of thiazole rings is 1. The lowest BCUT2D eigenvalue weighted by Gasteiger charge is -2.25. The van der Waals surface area contributed by atoms with Gasteiger partial charge >= 0.3 is 0 Å². The molecule has 0 atom stereocenters. The van der Waals surface area contributed by atoms with Crippen LogP contribution in [-0.2, 0) is 16.4 Å². The van der Waals surface area contributed by atoms with Crippen LogP contribution in [0.15, 0.2) is 47.5 Å². The van der Waals surface area contributed by atoms with E-state index in [1.165, 1.54) is 6.26 Å². The zero-order valence-electron chi connectivity index (χ0n) is 17.0. The summed E-state index contributed by atoms with van der Waals surface area (Å²) >= 11 is 1.70. The average Bonchev–Trinajstić information content (AvgIpc) is 3.17. The highest BCUT2D eigenvalue weighted by molar-refractivity contribution is 7.90. The summed E-state index contributed by atoms with van der Waals surface area (Å²) in [6, 6.07) is 10.7. The summed E-state index contributed by atoms with van der Waals surface area (Å²) in [6.07, 6.45) is 2.95. The first-order chi connectivity index (χ1) is 15.0. The zero-order chi connectivity index (χ0) is 21.4. The number of benzene rings is 2. The molecule has 160 valence electrons. The van der Waals surface area contributed by atoms with Crippen LogP contribution in [0, 0.1) is 0 Å². The lowest BCUT2D eigenvalue weighted by molar-refractivity contribution is 0.233. The van der Waals surface area contributed by atoms with Crippen LogP contribution in [0.4, 0.5) is 11.6 Å². The standard InChI is InChI=1S/C21H22N6O2S2/c1-31(28,29)16-4-2-3-15(11-16)24-21-23-12-14-5-6-17-20(19(14)26-21)25-18(30-17)13-27-9-7-22-8-10-27/h2-6,11-12,22H,7-10,13H2,1H3,(H,23,24,26). The van der Waals surface area contributed by atoms with Crippen LogP contribution in [0.5, 0.6) is 0 Å². The quantitative estimate of drug-likeness (QED) is 0.475. The molecule has 5 rings (SSSR count). The predicted octanol–water partition coefficient (Wildman–Crippen LogP) is 2.79. The molecule has 3 heterocycles. The molecule has 2 aromatic heterocycles. The average molecular weight is 455 g/mol. The number of anilines is 2. The number of aromatic nitrogens is 3. The summed E-state index contributed by atoms with van der Waals surface area (Å²) in [4.78, 5) is 16.6. The first-order valence-corrected chi connectivity index (χ1v) is 12.7. The molecule has 8 nitrogen and oxygen atoms in total. The Bertz CT molecular complexity index is 1360. The molecule has 4 aromatic rings. The van der Waals surface area contributed by atoms with Crippen LogP contribution >= 0.6 is 11.3 Å². The van der Waals surface area contributed by atoms with E-state index >= 15 is 0 Å². The lowest BCUT2D eigenvalue weighted by atomic mass is 10.2. The molecule has 1 aliphatic rings. The maximum absolute atomic E-state index is 11.8. The van der Waals surface area contributed by atoms with Crippen molar-refractivity contribution in [2.75, 3.05) is 37.8 Å². The highest BCUT2D eigenvalue weighted by Crippen LogP contribution is 2.30. The van der Waals surface area contributed by atoms with Gasteiger partial charge in [0.25, 0.3) is 0 Å². The van der Waals surface area contributed by atoms with Crippen LogP contribution in [0.1, 0.15) is 5.01 Å². The van der Waals surface area contributed by atoms with Crippen LogP contribution in [0.25, 0.3) is 21.1 Å². The van der Waals surface area contributed by atoms with Crippen molar-refractivity contribution in [2.24, 2.45) is 0 Å². The van der Waals surface area contributed by atoms with E-state index in [0.29, 0.717) is 11.6 Å². The molecule has 1 fully saturated rings. The van der Waals surface area contributed by atoms with Crippen LogP contribution in [0.3, 0.4) is 0 Å². The SMILES string of the molecule is CS(=O)(=O)c1cccc(Nc2ncc3ccc4sc(CN5CCNCC5)nc4c3n2)c1. The summed E-state index contributed by atoms with van der Waals surface area (Å²) in [5.74, 6) is 0.405. The predicted molar refractivity (Wildman–Crippen MR) is 124 cm³/mol. The minimum absolute atomic E-state index is 0.248. The third-order valence-electron chi connectivity index (χ3n) is 5.24. The van der Waals surface area contributed by atoms with Gasteiger partial charge < -0.3 is 10.6 Å². The molecule has 2 N–H and O–H groups in total. The van der Waals surface area contributed by atoms with Gasteiger partial charge in [0.05, 0.1) is 16.1 Å². The van der Waals surface area contributed by atoms with Gasteiger partial charge in [0.2, 0.25) is 5.95 Å².